The zero-order chi connectivity index (χ0) is 18.7. The van der Waals surface area contributed by atoms with Crippen LogP contribution in [0.25, 0.3) is 0 Å². The number of carboxylic acid groups (broad SMARTS) is 1. The molecule has 2 aromatic rings. The van der Waals surface area contributed by atoms with Gasteiger partial charge in [0, 0.05) is 13.0 Å². The summed E-state index contributed by atoms with van der Waals surface area (Å²) in [6.07, 6.45) is 1.55. The summed E-state index contributed by atoms with van der Waals surface area (Å²) in [5.41, 5.74) is 1.76. The van der Waals surface area contributed by atoms with Crippen LogP contribution in [-0.2, 0) is 22.6 Å². The molecule has 0 bridgehead atoms. The molecular weight excluding hydrogens is 343 g/mol. The molecule has 0 fully saturated rings. The fourth-order valence-corrected chi connectivity index (χ4v) is 2.95. The van der Waals surface area contributed by atoms with Gasteiger partial charge >= 0.3 is 5.97 Å². The molecule has 1 aromatic heterocycles. The van der Waals surface area contributed by atoms with Crippen LogP contribution >= 0.6 is 0 Å². The SMILES string of the molecule is O=C(O)C(CF)NC(=O)C1Cc2ccccc2CN1C(=O)c1ccco1. The number of nitrogens with one attached hydrogen (secondary N) is 1. The smallest absolute Gasteiger partial charge is 0.328 e. The highest BCUT2D eigenvalue weighted by Gasteiger charge is 2.37. The Morgan fingerprint density at radius 3 is 2.58 bits per heavy atom. The number of benzene rings is 1. The average Bonchev–Trinajstić information content (AvgIpc) is 3.18. The van der Waals surface area contributed by atoms with Gasteiger partial charge in [-0.3, -0.25) is 9.59 Å². The van der Waals surface area contributed by atoms with Gasteiger partial charge in [0.05, 0.1) is 6.26 Å². The number of fused-ring (bicyclic) bond motifs is 1. The number of halogens is 1. The lowest BCUT2D eigenvalue weighted by Gasteiger charge is -2.35. The van der Waals surface area contributed by atoms with Crippen LogP contribution in [-0.4, -0.2) is 46.5 Å². The Kier molecular flexibility index (Phi) is 5.01. The van der Waals surface area contributed by atoms with Crippen molar-refractivity contribution in [3.05, 3.63) is 59.5 Å². The fraction of sp³-hybridized carbons (Fsp3) is 0.278. The van der Waals surface area contributed by atoms with E-state index in [2.05, 4.69) is 5.32 Å². The van der Waals surface area contributed by atoms with Crippen LogP contribution in [0.1, 0.15) is 21.7 Å². The van der Waals surface area contributed by atoms with Gasteiger partial charge in [0.2, 0.25) is 5.91 Å². The van der Waals surface area contributed by atoms with Gasteiger partial charge in [0.25, 0.3) is 5.91 Å². The van der Waals surface area contributed by atoms with E-state index < -0.39 is 36.5 Å². The van der Waals surface area contributed by atoms with Gasteiger partial charge in [-0.05, 0) is 23.3 Å². The molecule has 2 unspecified atom stereocenters. The van der Waals surface area contributed by atoms with Crippen LogP contribution in [0.5, 0.6) is 0 Å². The minimum Gasteiger partial charge on any atom is -0.480 e. The lowest BCUT2D eigenvalue weighted by atomic mass is 9.93. The second-order valence-corrected chi connectivity index (χ2v) is 5.95. The van der Waals surface area contributed by atoms with Gasteiger partial charge < -0.3 is 19.7 Å². The zero-order valence-corrected chi connectivity index (χ0v) is 13.7. The van der Waals surface area contributed by atoms with Crippen LogP contribution in [0.2, 0.25) is 0 Å². The minimum absolute atomic E-state index is 0.0717. The van der Waals surface area contributed by atoms with Crippen LogP contribution in [0, 0.1) is 0 Å². The summed E-state index contributed by atoms with van der Waals surface area (Å²) in [5, 5.41) is 11.1. The topological polar surface area (TPSA) is 99.9 Å². The molecule has 0 saturated carbocycles. The predicted octanol–water partition coefficient (Wildman–Crippen LogP) is 1.39. The van der Waals surface area contributed by atoms with Gasteiger partial charge in [0.1, 0.15) is 12.7 Å². The third-order valence-electron chi connectivity index (χ3n) is 4.31. The lowest BCUT2D eigenvalue weighted by molar-refractivity contribution is -0.143. The summed E-state index contributed by atoms with van der Waals surface area (Å²) in [6.45, 7) is -1.07. The first-order valence-electron chi connectivity index (χ1n) is 8.01. The highest BCUT2D eigenvalue weighted by Crippen LogP contribution is 2.25. The van der Waals surface area contributed by atoms with E-state index in [0.717, 1.165) is 11.1 Å². The molecule has 7 nitrogen and oxygen atoms in total. The number of carbonyl (C=O) groups excluding carboxylic acids is 2. The van der Waals surface area contributed by atoms with Gasteiger partial charge in [0.15, 0.2) is 11.8 Å². The van der Waals surface area contributed by atoms with Crippen molar-refractivity contribution in [2.45, 2.75) is 25.0 Å². The molecule has 2 heterocycles. The number of carboxylic acids is 1. The van der Waals surface area contributed by atoms with Crippen molar-refractivity contribution in [3.63, 3.8) is 0 Å². The first-order valence-corrected chi connectivity index (χ1v) is 8.01. The molecule has 0 spiro atoms. The number of furan rings is 1. The summed E-state index contributed by atoms with van der Waals surface area (Å²) < 4.78 is 18.0. The summed E-state index contributed by atoms with van der Waals surface area (Å²) in [5.74, 6) is -2.61. The Morgan fingerprint density at radius 1 is 1.23 bits per heavy atom. The molecule has 2 atom stereocenters. The van der Waals surface area contributed by atoms with E-state index >= 15 is 0 Å². The molecule has 0 saturated heterocycles. The molecule has 3 rings (SSSR count). The Morgan fingerprint density at radius 2 is 1.96 bits per heavy atom. The summed E-state index contributed by atoms with van der Waals surface area (Å²) >= 11 is 0. The van der Waals surface area contributed by atoms with Crippen LogP contribution in [0.15, 0.2) is 47.1 Å². The van der Waals surface area contributed by atoms with Crippen LogP contribution in [0.4, 0.5) is 4.39 Å². The summed E-state index contributed by atoms with van der Waals surface area (Å²) in [4.78, 5) is 37.6. The predicted molar refractivity (Wildman–Crippen MR) is 88.1 cm³/mol. The van der Waals surface area contributed by atoms with E-state index in [-0.39, 0.29) is 18.7 Å². The van der Waals surface area contributed by atoms with E-state index in [0.29, 0.717) is 0 Å². The maximum absolute atomic E-state index is 12.9. The number of nitrogens with zero attached hydrogens (tertiary/aromatic N) is 1. The number of alkyl halides is 1. The number of amides is 2. The molecule has 0 aliphatic carbocycles. The normalized spacial score (nSPS) is 17.3. The van der Waals surface area contributed by atoms with Gasteiger partial charge in [-0.2, -0.15) is 0 Å². The minimum atomic E-state index is -1.65. The van der Waals surface area contributed by atoms with E-state index in [1.54, 1.807) is 6.07 Å². The first-order chi connectivity index (χ1) is 12.5. The van der Waals surface area contributed by atoms with Crippen molar-refractivity contribution in [1.82, 2.24) is 10.2 Å². The highest BCUT2D eigenvalue weighted by atomic mass is 19.1. The molecule has 2 N–H and O–H groups in total. The van der Waals surface area contributed by atoms with Crippen molar-refractivity contribution in [2.24, 2.45) is 0 Å². The summed E-state index contributed by atoms with van der Waals surface area (Å²) in [7, 11) is 0. The van der Waals surface area contributed by atoms with Gasteiger partial charge in [-0.15, -0.1) is 0 Å². The lowest BCUT2D eigenvalue weighted by Crippen LogP contribution is -2.55. The summed E-state index contributed by atoms with van der Waals surface area (Å²) in [6, 6.07) is 7.78. The highest BCUT2D eigenvalue weighted by molar-refractivity contribution is 5.96. The molecule has 0 radical (unpaired) electrons. The number of carbonyl (C=O) groups is 3. The molecular formula is C18H17FN2O5. The number of rotatable bonds is 5. The molecule has 2 amide bonds. The maximum Gasteiger partial charge on any atom is 0.328 e. The van der Waals surface area contributed by atoms with Crippen LogP contribution < -0.4 is 5.32 Å². The van der Waals surface area contributed by atoms with Gasteiger partial charge in [-0.25, -0.2) is 9.18 Å². The van der Waals surface area contributed by atoms with Crippen molar-refractivity contribution in [3.8, 4) is 0 Å². The number of aliphatic carboxylic acids is 1. The largest absolute Gasteiger partial charge is 0.480 e. The van der Waals surface area contributed by atoms with Gasteiger partial charge in [-0.1, -0.05) is 24.3 Å². The van der Waals surface area contributed by atoms with Crippen molar-refractivity contribution in [1.29, 1.82) is 0 Å². The molecule has 1 aromatic carbocycles. The Balaban J connectivity index is 1.89. The fourth-order valence-electron chi connectivity index (χ4n) is 2.95. The Bertz CT molecular complexity index is 821. The quantitative estimate of drug-likeness (QED) is 0.839. The van der Waals surface area contributed by atoms with E-state index in [1.165, 1.54) is 17.2 Å². The second-order valence-electron chi connectivity index (χ2n) is 5.95. The molecule has 1 aliphatic rings. The number of hydrogen-bond acceptors (Lipinski definition) is 4. The van der Waals surface area contributed by atoms with Crippen LogP contribution in [0.3, 0.4) is 0 Å². The Labute approximate surface area is 148 Å². The van der Waals surface area contributed by atoms with Crippen molar-refractivity contribution >= 4 is 17.8 Å². The maximum atomic E-state index is 12.9. The third-order valence-corrected chi connectivity index (χ3v) is 4.31. The molecule has 26 heavy (non-hydrogen) atoms. The monoisotopic (exact) mass is 360 g/mol. The third kappa shape index (κ3) is 3.44. The molecule has 136 valence electrons. The van der Waals surface area contributed by atoms with Crippen molar-refractivity contribution < 1.29 is 28.3 Å². The molecule has 1 aliphatic heterocycles. The standard InChI is InChI=1S/C18H17FN2O5/c19-9-13(18(24)25)20-16(22)14-8-11-4-1-2-5-12(11)10-21(14)17(23)15-6-3-7-26-15/h1-7,13-14H,8-10H2,(H,20,22)(H,24,25). The Hall–Kier alpha value is -3.16. The second kappa shape index (κ2) is 7.38. The van der Waals surface area contributed by atoms with Crippen molar-refractivity contribution in [2.75, 3.05) is 6.67 Å². The van der Waals surface area contributed by atoms with E-state index in [1.807, 2.05) is 24.3 Å². The number of hydrogen-bond donors (Lipinski definition) is 2. The average molecular weight is 360 g/mol. The molecule has 8 heteroatoms. The first kappa shape index (κ1) is 17.7. The van der Waals surface area contributed by atoms with E-state index in [9.17, 15) is 18.8 Å². The van der Waals surface area contributed by atoms with E-state index in [4.69, 9.17) is 9.52 Å². The zero-order valence-electron chi connectivity index (χ0n) is 13.7.